The number of aromatic nitrogens is 2. The highest BCUT2D eigenvalue weighted by Crippen LogP contribution is 2.14. The van der Waals surface area contributed by atoms with Crippen molar-refractivity contribution in [1.29, 1.82) is 0 Å². The van der Waals surface area contributed by atoms with Gasteiger partial charge in [0.15, 0.2) is 9.84 Å². The summed E-state index contributed by atoms with van der Waals surface area (Å²) in [5.41, 5.74) is 7.38. The first-order valence-corrected chi connectivity index (χ1v) is 7.87. The molecule has 1 heterocycles. The zero-order valence-electron chi connectivity index (χ0n) is 11.3. The predicted octanol–water partition coefficient (Wildman–Crippen LogP) is 1.38. The van der Waals surface area contributed by atoms with Gasteiger partial charge in [-0.15, -0.1) is 0 Å². The predicted molar refractivity (Wildman–Crippen MR) is 78.1 cm³/mol. The molecule has 20 heavy (non-hydrogen) atoms. The minimum absolute atomic E-state index is 0.213. The van der Waals surface area contributed by atoms with E-state index >= 15 is 0 Å². The van der Waals surface area contributed by atoms with Crippen molar-refractivity contribution in [2.45, 2.75) is 18.4 Å². The molecule has 0 spiro atoms. The number of nitrogens with one attached hydrogen (secondary N) is 1. The van der Waals surface area contributed by atoms with Gasteiger partial charge in [0.05, 0.1) is 4.90 Å². The molecule has 6 nitrogen and oxygen atoms in total. The number of nitrogens with two attached hydrogens (primary N) is 1. The lowest BCUT2D eigenvalue weighted by Crippen LogP contribution is -2.06. The number of nitrogens with zero attached hydrogens (tertiary/aromatic N) is 2. The lowest BCUT2D eigenvalue weighted by Gasteiger charge is -2.09. The summed E-state index contributed by atoms with van der Waals surface area (Å²) in [4.78, 5) is 8.31. The number of benzene rings is 1. The first-order chi connectivity index (χ1) is 9.36. The standard InChI is InChI=1S/C13H16N4O2S/c1-9-7-16-13(14)17-12(9)15-8-10-3-5-11(6-4-10)20(2,18)19/h3-7H,8H2,1-2H3,(H3,14,15,16,17). The number of nitrogen functional groups attached to an aromatic ring is 1. The van der Waals surface area contributed by atoms with E-state index in [4.69, 9.17) is 5.73 Å². The zero-order chi connectivity index (χ0) is 14.8. The van der Waals surface area contributed by atoms with Gasteiger partial charge in [-0.25, -0.2) is 13.4 Å². The highest BCUT2D eigenvalue weighted by Gasteiger charge is 2.06. The Labute approximate surface area is 118 Å². The second-order valence-electron chi connectivity index (χ2n) is 4.53. The van der Waals surface area contributed by atoms with Crippen LogP contribution in [-0.2, 0) is 16.4 Å². The molecule has 0 aliphatic rings. The van der Waals surface area contributed by atoms with Crippen LogP contribution in [0.25, 0.3) is 0 Å². The number of hydrogen-bond donors (Lipinski definition) is 2. The summed E-state index contributed by atoms with van der Waals surface area (Å²) in [6, 6.07) is 6.72. The molecule has 0 atom stereocenters. The van der Waals surface area contributed by atoms with E-state index in [9.17, 15) is 8.42 Å². The quantitative estimate of drug-likeness (QED) is 0.883. The van der Waals surface area contributed by atoms with Crippen molar-refractivity contribution >= 4 is 21.6 Å². The third-order valence-electron chi connectivity index (χ3n) is 2.80. The van der Waals surface area contributed by atoms with Crippen LogP contribution in [0.2, 0.25) is 0 Å². The molecule has 0 aliphatic carbocycles. The second-order valence-corrected chi connectivity index (χ2v) is 6.55. The Balaban J connectivity index is 2.10. The minimum Gasteiger partial charge on any atom is -0.368 e. The van der Waals surface area contributed by atoms with E-state index in [-0.39, 0.29) is 5.95 Å². The molecule has 0 saturated heterocycles. The van der Waals surface area contributed by atoms with E-state index in [1.165, 1.54) is 6.26 Å². The Kier molecular flexibility index (Phi) is 3.89. The minimum atomic E-state index is -3.16. The van der Waals surface area contributed by atoms with E-state index in [1.807, 2.05) is 6.92 Å². The third-order valence-corrected chi connectivity index (χ3v) is 3.93. The Morgan fingerprint density at radius 2 is 1.90 bits per heavy atom. The van der Waals surface area contributed by atoms with E-state index in [0.717, 1.165) is 11.1 Å². The van der Waals surface area contributed by atoms with Crippen LogP contribution in [0.1, 0.15) is 11.1 Å². The van der Waals surface area contributed by atoms with Crippen LogP contribution < -0.4 is 11.1 Å². The molecule has 2 rings (SSSR count). The normalized spacial score (nSPS) is 11.3. The van der Waals surface area contributed by atoms with Crippen LogP contribution in [0.4, 0.5) is 11.8 Å². The molecule has 0 fully saturated rings. The van der Waals surface area contributed by atoms with Crippen LogP contribution in [-0.4, -0.2) is 24.6 Å². The maximum absolute atomic E-state index is 11.4. The molecular formula is C13H16N4O2S. The van der Waals surface area contributed by atoms with Gasteiger partial charge in [-0.3, -0.25) is 0 Å². The lowest BCUT2D eigenvalue weighted by molar-refractivity contribution is 0.602. The lowest BCUT2D eigenvalue weighted by atomic mass is 10.2. The second kappa shape index (κ2) is 5.46. The van der Waals surface area contributed by atoms with Gasteiger partial charge in [0.2, 0.25) is 5.95 Å². The zero-order valence-corrected chi connectivity index (χ0v) is 12.1. The van der Waals surface area contributed by atoms with Crippen molar-refractivity contribution in [3.63, 3.8) is 0 Å². The van der Waals surface area contributed by atoms with Gasteiger partial charge in [0.25, 0.3) is 0 Å². The molecular weight excluding hydrogens is 276 g/mol. The highest BCUT2D eigenvalue weighted by molar-refractivity contribution is 7.90. The molecule has 0 aliphatic heterocycles. The smallest absolute Gasteiger partial charge is 0.221 e. The van der Waals surface area contributed by atoms with Crippen molar-refractivity contribution in [1.82, 2.24) is 9.97 Å². The molecule has 1 aromatic carbocycles. The largest absolute Gasteiger partial charge is 0.368 e. The van der Waals surface area contributed by atoms with Gasteiger partial charge in [0.1, 0.15) is 5.82 Å². The number of aryl methyl sites for hydroxylation is 1. The SMILES string of the molecule is Cc1cnc(N)nc1NCc1ccc(S(C)(=O)=O)cc1. The Hall–Kier alpha value is -2.15. The number of hydrogen-bond acceptors (Lipinski definition) is 6. The average Bonchev–Trinajstić information content (AvgIpc) is 2.39. The Morgan fingerprint density at radius 1 is 1.25 bits per heavy atom. The van der Waals surface area contributed by atoms with Crippen molar-refractivity contribution in [2.75, 3.05) is 17.3 Å². The number of sulfone groups is 1. The molecule has 0 saturated carbocycles. The van der Waals surface area contributed by atoms with Crippen LogP contribution >= 0.6 is 0 Å². The summed E-state index contributed by atoms with van der Waals surface area (Å²) in [6.45, 7) is 2.41. The van der Waals surface area contributed by atoms with E-state index < -0.39 is 9.84 Å². The van der Waals surface area contributed by atoms with Crippen molar-refractivity contribution in [3.05, 3.63) is 41.6 Å². The van der Waals surface area contributed by atoms with Crippen molar-refractivity contribution in [2.24, 2.45) is 0 Å². The first kappa shape index (κ1) is 14.3. The molecule has 0 radical (unpaired) electrons. The van der Waals surface area contributed by atoms with Gasteiger partial charge >= 0.3 is 0 Å². The fourth-order valence-corrected chi connectivity index (χ4v) is 2.31. The molecule has 1 aromatic heterocycles. The highest BCUT2D eigenvalue weighted by atomic mass is 32.2. The summed E-state index contributed by atoms with van der Waals surface area (Å²) >= 11 is 0. The molecule has 106 valence electrons. The van der Waals surface area contributed by atoms with Gasteiger partial charge in [-0.2, -0.15) is 4.98 Å². The number of anilines is 2. The van der Waals surface area contributed by atoms with Gasteiger partial charge in [-0.1, -0.05) is 12.1 Å². The summed E-state index contributed by atoms with van der Waals surface area (Å²) in [5, 5.41) is 3.15. The van der Waals surface area contributed by atoms with Gasteiger partial charge in [-0.05, 0) is 24.6 Å². The van der Waals surface area contributed by atoms with Crippen LogP contribution in [0.3, 0.4) is 0 Å². The van der Waals surface area contributed by atoms with Crippen molar-refractivity contribution in [3.8, 4) is 0 Å². The fraction of sp³-hybridized carbons (Fsp3) is 0.231. The van der Waals surface area contributed by atoms with E-state index in [1.54, 1.807) is 30.5 Å². The Morgan fingerprint density at radius 3 is 2.50 bits per heavy atom. The molecule has 7 heteroatoms. The summed E-state index contributed by atoms with van der Waals surface area (Å²) in [6.07, 6.45) is 2.84. The topological polar surface area (TPSA) is 98.0 Å². The summed E-state index contributed by atoms with van der Waals surface area (Å²) < 4.78 is 22.7. The maximum Gasteiger partial charge on any atom is 0.221 e. The van der Waals surface area contributed by atoms with Gasteiger partial charge in [0, 0.05) is 24.6 Å². The summed E-state index contributed by atoms with van der Waals surface area (Å²) in [5.74, 6) is 0.884. The molecule has 3 N–H and O–H groups in total. The van der Waals surface area contributed by atoms with E-state index in [0.29, 0.717) is 17.3 Å². The average molecular weight is 292 g/mol. The fourth-order valence-electron chi connectivity index (χ4n) is 1.67. The first-order valence-electron chi connectivity index (χ1n) is 5.98. The monoisotopic (exact) mass is 292 g/mol. The molecule has 0 amide bonds. The molecule has 2 aromatic rings. The van der Waals surface area contributed by atoms with Crippen LogP contribution in [0, 0.1) is 6.92 Å². The third kappa shape index (κ3) is 3.45. The van der Waals surface area contributed by atoms with Crippen LogP contribution in [0.5, 0.6) is 0 Å². The van der Waals surface area contributed by atoms with Crippen molar-refractivity contribution < 1.29 is 8.42 Å². The Bertz CT molecular complexity index is 712. The summed E-state index contributed by atoms with van der Waals surface area (Å²) in [7, 11) is -3.16. The van der Waals surface area contributed by atoms with E-state index in [2.05, 4.69) is 15.3 Å². The molecule has 0 unspecified atom stereocenters. The van der Waals surface area contributed by atoms with Crippen LogP contribution in [0.15, 0.2) is 35.4 Å². The maximum atomic E-state index is 11.4. The number of rotatable bonds is 4. The van der Waals surface area contributed by atoms with Gasteiger partial charge < -0.3 is 11.1 Å². The molecule has 0 bridgehead atoms.